The van der Waals surface area contributed by atoms with Gasteiger partial charge in [0.05, 0.1) is 19.9 Å². The summed E-state index contributed by atoms with van der Waals surface area (Å²) < 4.78 is 16.0. The Morgan fingerprint density at radius 2 is 1.87 bits per heavy atom. The maximum absolute atomic E-state index is 12.4. The minimum atomic E-state index is -0.342. The Labute approximate surface area is 133 Å². The third-order valence-electron chi connectivity index (χ3n) is 3.55. The molecule has 1 amide bonds. The number of fused-ring (bicyclic) bond motifs is 1. The molecule has 2 aromatic carbocycles. The summed E-state index contributed by atoms with van der Waals surface area (Å²) in [6, 6.07) is 12.7. The van der Waals surface area contributed by atoms with E-state index in [4.69, 9.17) is 13.9 Å². The lowest BCUT2D eigenvalue weighted by atomic mass is 10.2. The van der Waals surface area contributed by atoms with E-state index in [1.54, 1.807) is 38.5 Å². The zero-order valence-corrected chi connectivity index (χ0v) is 13.2. The first-order valence-electron chi connectivity index (χ1n) is 7.14. The van der Waals surface area contributed by atoms with E-state index in [1.807, 2.05) is 25.1 Å². The minimum absolute atomic E-state index is 0.246. The van der Waals surface area contributed by atoms with Crippen LogP contribution in [0.5, 0.6) is 11.5 Å². The van der Waals surface area contributed by atoms with Gasteiger partial charge in [0, 0.05) is 11.5 Å². The third-order valence-corrected chi connectivity index (χ3v) is 3.55. The molecule has 0 unspecified atom stereocenters. The maximum Gasteiger partial charge on any atom is 0.291 e. The van der Waals surface area contributed by atoms with Gasteiger partial charge in [-0.3, -0.25) is 4.79 Å². The van der Waals surface area contributed by atoms with E-state index in [0.29, 0.717) is 22.8 Å². The van der Waals surface area contributed by atoms with Crippen molar-refractivity contribution < 1.29 is 18.7 Å². The molecule has 0 aliphatic heterocycles. The standard InChI is InChI=1S/C18H17NO4/c1-11-4-6-15-12(8-11)9-17(23-15)18(20)19-14-10-13(21-2)5-7-16(14)22-3/h4-10H,1-3H3,(H,19,20). The van der Waals surface area contributed by atoms with Gasteiger partial charge in [0.2, 0.25) is 0 Å². The maximum atomic E-state index is 12.4. The molecule has 3 rings (SSSR count). The van der Waals surface area contributed by atoms with E-state index in [9.17, 15) is 4.79 Å². The van der Waals surface area contributed by atoms with Crippen LogP contribution in [0.15, 0.2) is 46.9 Å². The van der Waals surface area contributed by atoms with Crippen LogP contribution in [-0.2, 0) is 0 Å². The number of anilines is 1. The van der Waals surface area contributed by atoms with E-state index in [1.165, 1.54) is 0 Å². The summed E-state index contributed by atoms with van der Waals surface area (Å²) in [4.78, 5) is 12.4. The number of hydrogen-bond acceptors (Lipinski definition) is 4. The third kappa shape index (κ3) is 2.99. The van der Waals surface area contributed by atoms with Crippen molar-refractivity contribution in [2.24, 2.45) is 0 Å². The number of hydrogen-bond donors (Lipinski definition) is 1. The van der Waals surface area contributed by atoms with Gasteiger partial charge in [-0.25, -0.2) is 0 Å². The Hall–Kier alpha value is -2.95. The second-order valence-corrected chi connectivity index (χ2v) is 5.17. The molecule has 1 aromatic heterocycles. The number of ether oxygens (including phenoxy) is 2. The summed E-state index contributed by atoms with van der Waals surface area (Å²) >= 11 is 0. The van der Waals surface area contributed by atoms with Crippen LogP contribution in [0.25, 0.3) is 11.0 Å². The molecule has 0 spiro atoms. The molecule has 5 nitrogen and oxygen atoms in total. The fourth-order valence-corrected chi connectivity index (χ4v) is 2.37. The lowest BCUT2D eigenvalue weighted by Crippen LogP contribution is -2.11. The van der Waals surface area contributed by atoms with Gasteiger partial charge in [-0.15, -0.1) is 0 Å². The zero-order chi connectivity index (χ0) is 16.4. The molecule has 0 saturated heterocycles. The highest BCUT2D eigenvalue weighted by atomic mass is 16.5. The van der Waals surface area contributed by atoms with Crippen LogP contribution < -0.4 is 14.8 Å². The normalized spacial score (nSPS) is 10.6. The van der Waals surface area contributed by atoms with Crippen LogP contribution in [0.4, 0.5) is 5.69 Å². The topological polar surface area (TPSA) is 60.7 Å². The molecule has 0 bridgehead atoms. The number of furan rings is 1. The number of rotatable bonds is 4. The van der Waals surface area contributed by atoms with Crippen molar-refractivity contribution in [2.45, 2.75) is 6.92 Å². The summed E-state index contributed by atoms with van der Waals surface area (Å²) in [6.07, 6.45) is 0. The lowest BCUT2D eigenvalue weighted by molar-refractivity contribution is 0.0998. The number of nitrogens with one attached hydrogen (secondary N) is 1. The van der Waals surface area contributed by atoms with Gasteiger partial charge in [-0.1, -0.05) is 11.6 Å². The molecule has 0 aliphatic carbocycles. The molecule has 0 aliphatic rings. The van der Waals surface area contributed by atoms with E-state index in [0.717, 1.165) is 10.9 Å². The number of methoxy groups -OCH3 is 2. The SMILES string of the molecule is COc1ccc(OC)c(NC(=O)c2cc3cc(C)ccc3o2)c1. The Bertz CT molecular complexity index is 867. The highest BCUT2D eigenvalue weighted by Crippen LogP contribution is 2.30. The summed E-state index contributed by atoms with van der Waals surface area (Å²) in [5, 5.41) is 3.69. The van der Waals surface area contributed by atoms with Crippen LogP contribution in [0.2, 0.25) is 0 Å². The van der Waals surface area contributed by atoms with Crippen molar-refractivity contribution in [3.05, 3.63) is 53.8 Å². The highest BCUT2D eigenvalue weighted by Gasteiger charge is 2.15. The van der Waals surface area contributed by atoms with Crippen molar-refractivity contribution in [1.29, 1.82) is 0 Å². The van der Waals surface area contributed by atoms with E-state index in [-0.39, 0.29) is 11.7 Å². The van der Waals surface area contributed by atoms with Gasteiger partial charge in [0.25, 0.3) is 5.91 Å². The summed E-state index contributed by atoms with van der Waals surface area (Å²) in [5.41, 5.74) is 2.31. The Morgan fingerprint density at radius 3 is 2.61 bits per heavy atom. The van der Waals surface area contributed by atoms with Crippen molar-refractivity contribution in [2.75, 3.05) is 19.5 Å². The molecule has 118 valence electrons. The van der Waals surface area contributed by atoms with Crippen LogP contribution in [0, 0.1) is 6.92 Å². The molecular weight excluding hydrogens is 294 g/mol. The van der Waals surface area contributed by atoms with Gasteiger partial charge < -0.3 is 19.2 Å². The van der Waals surface area contributed by atoms with Crippen LogP contribution in [0.1, 0.15) is 16.1 Å². The second kappa shape index (κ2) is 6.04. The molecule has 0 radical (unpaired) electrons. The monoisotopic (exact) mass is 311 g/mol. The first-order valence-corrected chi connectivity index (χ1v) is 7.14. The molecular formula is C18H17NO4. The average Bonchev–Trinajstić information content (AvgIpc) is 2.98. The van der Waals surface area contributed by atoms with E-state index >= 15 is 0 Å². The first kappa shape index (κ1) is 15.0. The fraction of sp³-hybridized carbons (Fsp3) is 0.167. The fourth-order valence-electron chi connectivity index (χ4n) is 2.37. The van der Waals surface area contributed by atoms with Crippen molar-refractivity contribution >= 4 is 22.6 Å². The summed E-state index contributed by atoms with van der Waals surface area (Å²) in [6.45, 7) is 1.99. The van der Waals surface area contributed by atoms with Crippen molar-refractivity contribution in [1.82, 2.24) is 0 Å². The second-order valence-electron chi connectivity index (χ2n) is 5.17. The highest BCUT2D eigenvalue weighted by molar-refractivity contribution is 6.05. The molecule has 1 heterocycles. The van der Waals surface area contributed by atoms with E-state index in [2.05, 4.69) is 5.32 Å². The zero-order valence-electron chi connectivity index (χ0n) is 13.2. The Balaban J connectivity index is 1.91. The number of carbonyl (C=O) groups excluding carboxylic acids is 1. The number of carbonyl (C=O) groups is 1. The predicted octanol–water partition coefficient (Wildman–Crippen LogP) is 4.01. The van der Waals surface area contributed by atoms with Gasteiger partial charge in [0.15, 0.2) is 5.76 Å². The number of benzene rings is 2. The summed E-state index contributed by atoms with van der Waals surface area (Å²) in [7, 11) is 3.11. The van der Waals surface area contributed by atoms with Gasteiger partial charge in [-0.05, 0) is 37.3 Å². The van der Waals surface area contributed by atoms with Crippen LogP contribution in [0.3, 0.4) is 0 Å². The largest absolute Gasteiger partial charge is 0.497 e. The smallest absolute Gasteiger partial charge is 0.291 e. The predicted molar refractivity (Wildman–Crippen MR) is 88.5 cm³/mol. The molecule has 0 atom stereocenters. The molecule has 5 heteroatoms. The van der Waals surface area contributed by atoms with Crippen LogP contribution >= 0.6 is 0 Å². The molecule has 23 heavy (non-hydrogen) atoms. The first-order chi connectivity index (χ1) is 11.1. The molecule has 3 aromatic rings. The summed E-state index contributed by atoms with van der Waals surface area (Å²) in [5.74, 6) is 1.08. The van der Waals surface area contributed by atoms with Crippen LogP contribution in [-0.4, -0.2) is 20.1 Å². The lowest BCUT2D eigenvalue weighted by Gasteiger charge is -2.10. The minimum Gasteiger partial charge on any atom is -0.497 e. The van der Waals surface area contributed by atoms with Crippen molar-refractivity contribution in [3.63, 3.8) is 0 Å². The Morgan fingerprint density at radius 1 is 1.04 bits per heavy atom. The van der Waals surface area contributed by atoms with Crippen molar-refractivity contribution in [3.8, 4) is 11.5 Å². The number of amides is 1. The molecule has 0 saturated carbocycles. The van der Waals surface area contributed by atoms with Gasteiger partial charge >= 0.3 is 0 Å². The van der Waals surface area contributed by atoms with E-state index < -0.39 is 0 Å². The quantitative estimate of drug-likeness (QED) is 0.791. The Kier molecular flexibility index (Phi) is 3.93. The molecule has 0 fully saturated rings. The average molecular weight is 311 g/mol. The van der Waals surface area contributed by atoms with Gasteiger partial charge in [0.1, 0.15) is 17.1 Å². The number of aryl methyl sites for hydroxylation is 1. The van der Waals surface area contributed by atoms with Gasteiger partial charge in [-0.2, -0.15) is 0 Å². The molecule has 1 N–H and O–H groups in total.